The monoisotopic (exact) mass is 473 g/mol. The summed E-state index contributed by atoms with van der Waals surface area (Å²) in [5, 5.41) is 9.10. The van der Waals surface area contributed by atoms with Gasteiger partial charge >= 0.3 is 0 Å². The van der Waals surface area contributed by atoms with Crippen LogP contribution in [0.25, 0.3) is 11.4 Å². The number of ether oxygens (including phenoxy) is 1. The zero-order chi connectivity index (χ0) is 23.8. The lowest BCUT2D eigenvalue weighted by atomic mass is 10.1. The lowest BCUT2D eigenvalue weighted by Gasteiger charge is -2.22. The molecule has 0 aliphatic carbocycles. The molecule has 9 heteroatoms. The highest BCUT2D eigenvalue weighted by atomic mass is 32.2. The van der Waals surface area contributed by atoms with E-state index < -0.39 is 11.2 Å². The van der Waals surface area contributed by atoms with Gasteiger partial charge < -0.3 is 19.1 Å². The van der Waals surface area contributed by atoms with E-state index in [0.29, 0.717) is 28.6 Å². The molecule has 3 heterocycles. The maximum Gasteiger partial charge on any atom is 0.259 e. The molecule has 1 aromatic heterocycles. The summed E-state index contributed by atoms with van der Waals surface area (Å²) in [6, 6.07) is 15.1. The molecule has 0 saturated heterocycles. The normalized spacial score (nSPS) is 16.1. The number of nitriles is 1. The Kier molecular flexibility index (Phi) is 5.86. The van der Waals surface area contributed by atoms with Gasteiger partial charge in [0.15, 0.2) is 12.4 Å². The van der Waals surface area contributed by atoms with Crippen LogP contribution in [0.4, 0.5) is 11.5 Å². The highest BCUT2D eigenvalue weighted by molar-refractivity contribution is 7.90. The van der Waals surface area contributed by atoms with Crippen molar-refractivity contribution in [2.45, 2.75) is 17.9 Å². The lowest BCUT2D eigenvalue weighted by Crippen LogP contribution is -2.27. The highest BCUT2D eigenvalue weighted by Gasteiger charge is 2.33. The van der Waals surface area contributed by atoms with Crippen LogP contribution in [-0.2, 0) is 33.9 Å². The van der Waals surface area contributed by atoms with Gasteiger partial charge in [0.25, 0.3) is 5.91 Å². The molecule has 2 aliphatic heterocycles. The Labute approximate surface area is 201 Å². The van der Waals surface area contributed by atoms with Gasteiger partial charge in [-0.3, -0.25) is 4.79 Å². The minimum Gasteiger partial charge on any atom is -0.616 e. The molecular weight excluding hydrogens is 450 g/mol. The molecule has 172 valence electrons. The Morgan fingerprint density at radius 1 is 1.21 bits per heavy atom. The molecule has 1 amide bonds. The first-order chi connectivity index (χ1) is 16.4. The summed E-state index contributed by atoms with van der Waals surface area (Å²) in [5.74, 6) is 2.65. The van der Waals surface area contributed by atoms with Crippen LogP contribution in [0.3, 0.4) is 0 Å². The molecule has 1 atom stereocenters. The first kappa shape index (κ1) is 22.2. The number of carbonyl (C=O) groups excluding carboxylic acids is 1. The van der Waals surface area contributed by atoms with Gasteiger partial charge in [0.05, 0.1) is 17.2 Å². The van der Waals surface area contributed by atoms with Gasteiger partial charge in [-0.2, -0.15) is 5.26 Å². The number of fused-ring (bicyclic) bond motifs is 2. The third-order valence-electron chi connectivity index (χ3n) is 6.02. The average Bonchev–Trinajstić information content (AvgIpc) is 3.44. The van der Waals surface area contributed by atoms with Crippen LogP contribution in [-0.4, -0.2) is 52.6 Å². The predicted molar refractivity (Wildman–Crippen MR) is 129 cm³/mol. The standard InChI is InChI=1S/C25H23N5O3S/c1-29(2)23(31)13-33-19-8-7-17-9-10-30(22(17)11-19)25-20-14-34(32)15-21(20)27-24(28-25)18-5-3-16(12-26)4-6-18/h3-8,11H,9-10,13-15H2,1-2H3. The quantitative estimate of drug-likeness (QED) is 0.525. The summed E-state index contributed by atoms with van der Waals surface area (Å²) >= 11 is -1.01. The van der Waals surface area contributed by atoms with Crippen LogP contribution in [0.2, 0.25) is 0 Å². The molecule has 0 saturated carbocycles. The zero-order valence-corrected chi connectivity index (χ0v) is 19.8. The minimum atomic E-state index is -1.01. The number of rotatable bonds is 5. The lowest BCUT2D eigenvalue weighted by molar-refractivity contribution is -0.130. The average molecular weight is 474 g/mol. The molecule has 0 bridgehead atoms. The second-order valence-corrected chi connectivity index (χ2v) is 9.94. The number of nitrogens with zero attached hydrogens (tertiary/aromatic N) is 5. The van der Waals surface area contributed by atoms with Gasteiger partial charge in [-0.1, -0.05) is 6.07 Å². The Bertz CT molecular complexity index is 1300. The molecule has 3 aromatic rings. The Morgan fingerprint density at radius 3 is 2.74 bits per heavy atom. The molecule has 2 aromatic carbocycles. The molecule has 0 spiro atoms. The Hall–Kier alpha value is -3.61. The summed E-state index contributed by atoms with van der Waals surface area (Å²) in [7, 11) is 3.39. The van der Waals surface area contributed by atoms with Crippen molar-refractivity contribution in [1.29, 1.82) is 5.26 Å². The van der Waals surface area contributed by atoms with Crippen molar-refractivity contribution in [3.05, 3.63) is 64.8 Å². The molecule has 2 aliphatic rings. The number of hydrogen-bond acceptors (Lipinski definition) is 7. The fourth-order valence-corrected chi connectivity index (χ4v) is 5.40. The highest BCUT2D eigenvalue weighted by Crippen LogP contribution is 2.41. The van der Waals surface area contributed by atoms with E-state index in [0.717, 1.165) is 46.9 Å². The van der Waals surface area contributed by atoms with Crippen molar-refractivity contribution < 1.29 is 14.1 Å². The van der Waals surface area contributed by atoms with E-state index in [9.17, 15) is 9.35 Å². The van der Waals surface area contributed by atoms with Crippen LogP contribution < -0.4 is 9.64 Å². The number of benzene rings is 2. The molecule has 0 fully saturated rings. The van der Waals surface area contributed by atoms with Crippen molar-refractivity contribution >= 4 is 28.6 Å². The van der Waals surface area contributed by atoms with Crippen LogP contribution in [0, 0.1) is 11.3 Å². The van der Waals surface area contributed by atoms with Crippen molar-refractivity contribution in [3.8, 4) is 23.2 Å². The summed E-state index contributed by atoms with van der Waals surface area (Å²) < 4.78 is 18.2. The maximum absolute atomic E-state index is 12.4. The van der Waals surface area contributed by atoms with E-state index in [-0.39, 0.29) is 12.5 Å². The predicted octanol–water partition coefficient (Wildman–Crippen LogP) is 2.94. The van der Waals surface area contributed by atoms with Crippen LogP contribution in [0.5, 0.6) is 5.75 Å². The number of carbonyl (C=O) groups is 1. The number of anilines is 2. The van der Waals surface area contributed by atoms with Crippen molar-refractivity contribution in [2.24, 2.45) is 0 Å². The van der Waals surface area contributed by atoms with Crippen LogP contribution in [0.15, 0.2) is 42.5 Å². The Balaban J connectivity index is 1.52. The van der Waals surface area contributed by atoms with Gasteiger partial charge in [-0.05, 0) is 53.5 Å². The smallest absolute Gasteiger partial charge is 0.259 e. The SMILES string of the molecule is CN(C)C(=O)COc1ccc2c(c1)N(c1nc(-c3ccc(C#N)cc3)nc3c1C[S+]([O-])C3)CC2. The van der Waals surface area contributed by atoms with E-state index in [2.05, 4.69) is 11.0 Å². The largest absolute Gasteiger partial charge is 0.616 e. The van der Waals surface area contributed by atoms with E-state index in [1.807, 2.05) is 30.3 Å². The fraction of sp³-hybridized carbons (Fsp3) is 0.280. The van der Waals surface area contributed by atoms with Gasteiger partial charge in [0.2, 0.25) is 0 Å². The first-order valence-electron chi connectivity index (χ1n) is 10.9. The molecule has 5 rings (SSSR count). The fourth-order valence-electron chi connectivity index (χ4n) is 4.14. The number of amides is 1. The zero-order valence-electron chi connectivity index (χ0n) is 18.9. The van der Waals surface area contributed by atoms with Crippen molar-refractivity contribution in [1.82, 2.24) is 14.9 Å². The van der Waals surface area contributed by atoms with E-state index >= 15 is 0 Å². The third-order valence-corrected chi connectivity index (χ3v) is 7.22. The first-order valence-corrected chi connectivity index (χ1v) is 12.4. The number of aromatic nitrogens is 2. The van der Waals surface area contributed by atoms with E-state index in [1.54, 1.807) is 26.2 Å². The Morgan fingerprint density at radius 2 is 2.00 bits per heavy atom. The molecule has 1 unspecified atom stereocenters. The summed E-state index contributed by atoms with van der Waals surface area (Å²) in [6.45, 7) is 0.703. The number of hydrogen-bond donors (Lipinski definition) is 0. The summed E-state index contributed by atoms with van der Waals surface area (Å²) in [6.07, 6.45) is 0.848. The molecule has 0 radical (unpaired) electrons. The third kappa shape index (κ3) is 4.18. The minimum absolute atomic E-state index is 0.0312. The molecule has 8 nitrogen and oxygen atoms in total. The van der Waals surface area contributed by atoms with Gasteiger partial charge in [-0.15, -0.1) is 0 Å². The second kappa shape index (κ2) is 8.97. The number of likely N-dealkylation sites (N-methyl/N-ethyl adjacent to an activating group) is 1. The van der Waals surface area contributed by atoms with Crippen LogP contribution >= 0.6 is 0 Å². The molecule has 34 heavy (non-hydrogen) atoms. The topological polar surface area (TPSA) is 105 Å². The van der Waals surface area contributed by atoms with Crippen LogP contribution in [0.1, 0.15) is 22.4 Å². The van der Waals surface area contributed by atoms with E-state index in [4.69, 9.17) is 20.0 Å². The van der Waals surface area contributed by atoms with Crippen molar-refractivity contribution in [3.63, 3.8) is 0 Å². The summed E-state index contributed by atoms with van der Waals surface area (Å²) in [4.78, 5) is 25.2. The van der Waals surface area contributed by atoms with E-state index in [1.165, 1.54) is 4.90 Å². The van der Waals surface area contributed by atoms with Gasteiger partial charge in [-0.25, -0.2) is 9.97 Å². The maximum atomic E-state index is 12.4. The molecule has 0 N–H and O–H groups in total. The summed E-state index contributed by atoms with van der Waals surface area (Å²) in [5.41, 5.74) is 5.23. The van der Waals surface area contributed by atoms with Crippen molar-refractivity contribution in [2.75, 3.05) is 32.1 Å². The van der Waals surface area contributed by atoms with Gasteiger partial charge in [0.1, 0.15) is 28.8 Å². The second-order valence-electron chi connectivity index (χ2n) is 8.48. The molecular formula is C25H23N5O3S. The van der Waals surface area contributed by atoms with Gasteiger partial charge in [0, 0.05) is 38.0 Å².